The molecule has 1 aromatic carbocycles. The first-order chi connectivity index (χ1) is 17.1. The molecular weight excluding hydrogens is 456 g/mol. The number of carboxylic acids is 1. The number of likely N-dealkylation sites (N-methyl/N-ethyl adjacent to an activating group) is 1. The summed E-state index contributed by atoms with van der Waals surface area (Å²) >= 11 is 0. The summed E-state index contributed by atoms with van der Waals surface area (Å²) in [5.74, 6) is 0.0414. The number of carbonyl (C=O) groups excluding carboxylic acids is 1. The molecule has 1 saturated heterocycles. The first-order valence-corrected chi connectivity index (χ1v) is 12.4. The Bertz CT molecular complexity index is 956. The fourth-order valence-corrected chi connectivity index (χ4v) is 4.85. The number of aromatic carboxylic acids is 1. The van der Waals surface area contributed by atoms with E-state index in [0.717, 1.165) is 69.1 Å². The smallest absolute Gasteiger partial charge is 0.335 e. The number of ether oxygens (including phenoxy) is 2. The molecule has 7 heteroatoms. The predicted octanol–water partition coefficient (Wildman–Crippen LogP) is 4.95. The van der Waals surface area contributed by atoms with Crippen LogP contribution >= 0.6 is 0 Å². The Labute approximate surface area is 216 Å². The highest BCUT2D eigenvalue weighted by molar-refractivity contribution is 5.88. The van der Waals surface area contributed by atoms with Crippen LogP contribution in [0.2, 0.25) is 0 Å². The summed E-state index contributed by atoms with van der Waals surface area (Å²) in [6.45, 7) is 17.0. The number of piperidine rings is 1. The summed E-state index contributed by atoms with van der Waals surface area (Å²) in [4.78, 5) is 23.7. The SMILES string of the molecule is C=C(C)C1=C(/C=C/CN2CCC(CN(C)c3ccc(C(=O)O)cc3)(OC)CC2)C(C)(C)CCO1.C=O. The highest BCUT2D eigenvalue weighted by atomic mass is 16.5. The van der Waals surface area contributed by atoms with Crippen LogP contribution in [0.4, 0.5) is 5.69 Å². The number of carboxylic acid groups (broad SMARTS) is 1. The van der Waals surface area contributed by atoms with Crippen molar-refractivity contribution in [3.8, 4) is 0 Å². The number of benzene rings is 1. The average molecular weight is 499 g/mol. The van der Waals surface area contributed by atoms with E-state index in [1.165, 1.54) is 5.57 Å². The monoisotopic (exact) mass is 498 g/mol. The summed E-state index contributed by atoms with van der Waals surface area (Å²) in [6.07, 6.45) is 7.39. The molecule has 0 atom stereocenters. The van der Waals surface area contributed by atoms with Crippen LogP contribution in [0.3, 0.4) is 0 Å². The van der Waals surface area contributed by atoms with Crippen LogP contribution in [0.15, 0.2) is 59.9 Å². The standard InChI is InChI=1S/C28H40N2O4.CH2O/c1-21(2)25-24(27(3,4)15-19-34-25)8-7-16-30-17-13-28(33-6,14-18-30)20-29(5)23-11-9-22(10-12-23)26(31)32;1-2/h7-12H,1,13-20H2,2-6H3,(H,31,32);1H2/b8-7+;. The van der Waals surface area contributed by atoms with Crippen LogP contribution in [-0.4, -0.2) is 75.3 Å². The number of nitrogens with zero attached hydrogens (tertiary/aromatic N) is 2. The Morgan fingerprint density at radius 3 is 2.33 bits per heavy atom. The molecule has 0 aliphatic carbocycles. The van der Waals surface area contributed by atoms with Gasteiger partial charge in [-0.25, -0.2) is 4.79 Å². The van der Waals surface area contributed by atoms with Crippen molar-refractivity contribution < 1.29 is 24.2 Å². The van der Waals surface area contributed by atoms with E-state index in [4.69, 9.17) is 19.4 Å². The first-order valence-electron chi connectivity index (χ1n) is 12.4. The molecule has 0 amide bonds. The molecule has 36 heavy (non-hydrogen) atoms. The third-order valence-electron chi connectivity index (χ3n) is 7.26. The highest BCUT2D eigenvalue weighted by Gasteiger charge is 2.36. The van der Waals surface area contributed by atoms with Gasteiger partial charge >= 0.3 is 5.97 Å². The molecular formula is C29H42N2O5. The van der Waals surface area contributed by atoms with Crippen molar-refractivity contribution in [2.45, 2.75) is 45.6 Å². The number of likely N-dealkylation sites (tertiary alicyclic amines) is 1. The van der Waals surface area contributed by atoms with E-state index in [9.17, 15) is 4.79 Å². The molecule has 2 heterocycles. The Balaban J connectivity index is 0.00000222. The van der Waals surface area contributed by atoms with Gasteiger partial charge < -0.3 is 24.3 Å². The fraction of sp³-hybridized carbons (Fsp3) is 0.517. The molecule has 7 nitrogen and oxygen atoms in total. The normalized spacial score (nSPS) is 19.2. The topological polar surface area (TPSA) is 79.3 Å². The maximum atomic E-state index is 11.1. The van der Waals surface area contributed by atoms with E-state index in [-0.39, 0.29) is 11.0 Å². The van der Waals surface area contributed by atoms with Gasteiger partial charge in [-0.3, -0.25) is 4.90 Å². The zero-order valence-corrected chi connectivity index (χ0v) is 22.5. The van der Waals surface area contributed by atoms with Gasteiger partial charge in [0, 0.05) is 46.0 Å². The van der Waals surface area contributed by atoms with Crippen LogP contribution < -0.4 is 4.90 Å². The van der Waals surface area contributed by atoms with Crippen LogP contribution in [0.5, 0.6) is 0 Å². The van der Waals surface area contributed by atoms with Crippen LogP contribution in [0.25, 0.3) is 0 Å². The number of hydrogen-bond acceptors (Lipinski definition) is 6. The van der Waals surface area contributed by atoms with Gasteiger partial charge in [0.05, 0.1) is 17.8 Å². The van der Waals surface area contributed by atoms with Crippen LogP contribution in [-0.2, 0) is 14.3 Å². The second-order valence-electron chi connectivity index (χ2n) is 10.3. The highest BCUT2D eigenvalue weighted by Crippen LogP contribution is 2.39. The lowest BCUT2D eigenvalue weighted by molar-refractivity contribution is -0.0980. The van der Waals surface area contributed by atoms with Gasteiger partial charge in [0.2, 0.25) is 0 Å². The lowest BCUT2D eigenvalue weighted by Gasteiger charge is -2.43. The Morgan fingerprint density at radius 2 is 1.81 bits per heavy atom. The van der Waals surface area contributed by atoms with E-state index in [2.05, 4.69) is 42.4 Å². The third kappa shape index (κ3) is 7.31. The van der Waals surface area contributed by atoms with Crippen molar-refractivity contribution in [1.29, 1.82) is 0 Å². The molecule has 1 N–H and O–H groups in total. The van der Waals surface area contributed by atoms with Crippen molar-refractivity contribution in [2.75, 3.05) is 51.8 Å². The quantitative estimate of drug-likeness (QED) is 0.516. The largest absolute Gasteiger partial charge is 0.493 e. The zero-order valence-electron chi connectivity index (χ0n) is 22.5. The lowest BCUT2D eigenvalue weighted by Crippen LogP contribution is -2.51. The van der Waals surface area contributed by atoms with Crippen LogP contribution in [0, 0.1) is 5.41 Å². The summed E-state index contributed by atoms with van der Waals surface area (Å²) in [5, 5.41) is 9.12. The molecule has 0 aromatic heterocycles. The first kappa shape index (κ1) is 29.3. The molecule has 2 aliphatic heterocycles. The zero-order chi connectivity index (χ0) is 26.9. The molecule has 0 radical (unpaired) electrons. The van der Waals surface area contributed by atoms with Gasteiger partial charge in [0.15, 0.2) is 0 Å². The number of methoxy groups -OCH3 is 1. The van der Waals surface area contributed by atoms with E-state index >= 15 is 0 Å². The summed E-state index contributed by atoms with van der Waals surface area (Å²) in [5.41, 5.74) is 3.39. The molecule has 3 rings (SSSR count). The van der Waals surface area contributed by atoms with E-state index in [0.29, 0.717) is 5.56 Å². The van der Waals surface area contributed by atoms with Crippen molar-refractivity contribution in [3.05, 3.63) is 65.5 Å². The molecule has 0 spiro atoms. The molecule has 198 valence electrons. The Morgan fingerprint density at radius 1 is 1.19 bits per heavy atom. The van der Waals surface area contributed by atoms with Gasteiger partial charge in [0.1, 0.15) is 12.5 Å². The number of carbonyl (C=O) groups is 2. The van der Waals surface area contributed by atoms with E-state index in [1.54, 1.807) is 19.2 Å². The van der Waals surface area contributed by atoms with Crippen molar-refractivity contribution in [3.63, 3.8) is 0 Å². The van der Waals surface area contributed by atoms with E-state index < -0.39 is 5.97 Å². The molecule has 1 fully saturated rings. The fourth-order valence-electron chi connectivity index (χ4n) is 4.85. The maximum absolute atomic E-state index is 11.1. The minimum atomic E-state index is -0.907. The Kier molecular flexibility index (Phi) is 10.5. The third-order valence-corrected chi connectivity index (χ3v) is 7.26. The van der Waals surface area contributed by atoms with Gasteiger partial charge in [-0.05, 0) is 67.0 Å². The number of anilines is 1. The van der Waals surface area contributed by atoms with Gasteiger partial charge in [0.25, 0.3) is 0 Å². The summed E-state index contributed by atoms with van der Waals surface area (Å²) in [6, 6.07) is 7.01. The predicted molar refractivity (Wildman–Crippen MR) is 145 cm³/mol. The number of rotatable bonds is 9. The van der Waals surface area contributed by atoms with Crippen LogP contribution in [0.1, 0.15) is 50.4 Å². The lowest BCUT2D eigenvalue weighted by atomic mass is 9.78. The number of allylic oxidation sites excluding steroid dienone is 3. The second-order valence-corrected chi connectivity index (χ2v) is 10.3. The molecule has 2 aliphatic rings. The maximum Gasteiger partial charge on any atom is 0.335 e. The van der Waals surface area contributed by atoms with Gasteiger partial charge in [-0.15, -0.1) is 0 Å². The average Bonchev–Trinajstić information content (AvgIpc) is 2.86. The molecule has 0 bridgehead atoms. The van der Waals surface area contributed by atoms with Crippen molar-refractivity contribution in [1.82, 2.24) is 4.90 Å². The molecule has 0 unspecified atom stereocenters. The molecule has 0 saturated carbocycles. The van der Waals surface area contributed by atoms with Gasteiger partial charge in [-0.2, -0.15) is 0 Å². The summed E-state index contributed by atoms with van der Waals surface area (Å²) < 4.78 is 12.0. The van der Waals surface area contributed by atoms with E-state index in [1.807, 2.05) is 32.9 Å². The molecule has 1 aromatic rings. The van der Waals surface area contributed by atoms with Crippen molar-refractivity contribution in [2.24, 2.45) is 5.41 Å². The Hall–Kier alpha value is -2.90. The van der Waals surface area contributed by atoms with Crippen molar-refractivity contribution >= 4 is 18.4 Å². The number of hydrogen-bond donors (Lipinski definition) is 1. The minimum Gasteiger partial charge on any atom is -0.493 e. The van der Waals surface area contributed by atoms with Gasteiger partial charge in [-0.1, -0.05) is 32.6 Å². The second kappa shape index (κ2) is 12.9. The summed E-state index contributed by atoms with van der Waals surface area (Å²) in [7, 11) is 3.83. The minimum absolute atomic E-state index is 0.0867.